The standard InChI is InChI=1S/C11H21NO/c13-9-10-5-8-11(12-10)6-3-1-2-4-7-11/h10,12-13H,1-9H2. The van der Waals surface area contributed by atoms with Crippen LogP contribution in [0.1, 0.15) is 51.4 Å². The zero-order valence-corrected chi connectivity index (χ0v) is 8.39. The van der Waals surface area contributed by atoms with Crippen molar-refractivity contribution in [3.8, 4) is 0 Å². The molecular formula is C11H21NO. The van der Waals surface area contributed by atoms with Gasteiger partial charge in [-0.25, -0.2) is 0 Å². The summed E-state index contributed by atoms with van der Waals surface area (Å²) in [5.74, 6) is 0. The fraction of sp³-hybridized carbons (Fsp3) is 1.00. The number of rotatable bonds is 1. The molecule has 2 fully saturated rings. The molecule has 0 aromatic heterocycles. The first-order chi connectivity index (χ1) is 6.35. The second kappa shape index (κ2) is 3.97. The summed E-state index contributed by atoms with van der Waals surface area (Å²) in [5.41, 5.74) is 0.421. The molecule has 76 valence electrons. The molecule has 1 spiro atoms. The molecule has 1 saturated carbocycles. The summed E-state index contributed by atoms with van der Waals surface area (Å²) in [4.78, 5) is 0. The second-order valence-electron chi connectivity index (χ2n) is 4.76. The van der Waals surface area contributed by atoms with E-state index in [0.717, 1.165) is 0 Å². The van der Waals surface area contributed by atoms with Crippen LogP contribution >= 0.6 is 0 Å². The molecule has 2 aliphatic rings. The van der Waals surface area contributed by atoms with Crippen LogP contribution in [0, 0.1) is 0 Å². The topological polar surface area (TPSA) is 32.3 Å². The van der Waals surface area contributed by atoms with Gasteiger partial charge in [0.2, 0.25) is 0 Å². The van der Waals surface area contributed by atoms with Crippen molar-refractivity contribution in [1.29, 1.82) is 0 Å². The summed E-state index contributed by atoms with van der Waals surface area (Å²) in [6.45, 7) is 0.321. The minimum atomic E-state index is 0.321. The van der Waals surface area contributed by atoms with E-state index in [1.807, 2.05) is 0 Å². The summed E-state index contributed by atoms with van der Waals surface area (Å²) in [6.07, 6.45) is 10.7. The molecule has 1 atom stereocenters. The number of aliphatic hydroxyl groups is 1. The summed E-state index contributed by atoms with van der Waals surface area (Å²) >= 11 is 0. The Morgan fingerprint density at radius 2 is 1.77 bits per heavy atom. The summed E-state index contributed by atoms with van der Waals surface area (Å²) in [7, 11) is 0. The molecule has 2 nitrogen and oxygen atoms in total. The molecule has 0 bridgehead atoms. The van der Waals surface area contributed by atoms with Gasteiger partial charge >= 0.3 is 0 Å². The number of hydrogen-bond acceptors (Lipinski definition) is 2. The molecule has 13 heavy (non-hydrogen) atoms. The number of aliphatic hydroxyl groups excluding tert-OH is 1. The highest BCUT2D eigenvalue weighted by Gasteiger charge is 2.37. The average molecular weight is 183 g/mol. The van der Waals surface area contributed by atoms with E-state index in [2.05, 4.69) is 5.32 Å². The lowest BCUT2D eigenvalue weighted by atomic mass is 9.89. The molecular weight excluding hydrogens is 162 g/mol. The van der Waals surface area contributed by atoms with Crippen molar-refractivity contribution in [3.05, 3.63) is 0 Å². The summed E-state index contributed by atoms with van der Waals surface area (Å²) in [5, 5.41) is 12.7. The van der Waals surface area contributed by atoms with E-state index >= 15 is 0 Å². The summed E-state index contributed by atoms with van der Waals surface area (Å²) in [6, 6.07) is 0.387. The zero-order valence-electron chi connectivity index (χ0n) is 8.39. The molecule has 0 amide bonds. The van der Waals surface area contributed by atoms with Gasteiger partial charge in [0.25, 0.3) is 0 Å². The smallest absolute Gasteiger partial charge is 0.0584 e. The van der Waals surface area contributed by atoms with Crippen LogP contribution in [0.4, 0.5) is 0 Å². The normalized spacial score (nSPS) is 33.5. The maximum absolute atomic E-state index is 9.09. The van der Waals surface area contributed by atoms with Crippen molar-refractivity contribution in [2.24, 2.45) is 0 Å². The van der Waals surface area contributed by atoms with Gasteiger partial charge in [-0.2, -0.15) is 0 Å². The maximum Gasteiger partial charge on any atom is 0.0584 e. The Hall–Kier alpha value is -0.0800. The highest BCUT2D eigenvalue weighted by Crippen LogP contribution is 2.35. The Morgan fingerprint density at radius 1 is 1.08 bits per heavy atom. The van der Waals surface area contributed by atoms with E-state index in [0.29, 0.717) is 18.2 Å². The van der Waals surface area contributed by atoms with Crippen LogP contribution in [0.15, 0.2) is 0 Å². The lowest BCUT2D eigenvalue weighted by Crippen LogP contribution is -2.43. The fourth-order valence-electron chi connectivity index (χ4n) is 2.96. The Morgan fingerprint density at radius 3 is 2.31 bits per heavy atom. The number of hydrogen-bond donors (Lipinski definition) is 2. The van der Waals surface area contributed by atoms with Crippen molar-refractivity contribution in [3.63, 3.8) is 0 Å². The fourth-order valence-corrected chi connectivity index (χ4v) is 2.96. The molecule has 1 saturated heterocycles. The highest BCUT2D eigenvalue weighted by atomic mass is 16.3. The lowest BCUT2D eigenvalue weighted by molar-refractivity contribution is 0.231. The van der Waals surface area contributed by atoms with Crippen LogP contribution < -0.4 is 5.32 Å². The minimum absolute atomic E-state index is 0.321. The van der Waals surface area contributed by atoms with Crippen LogP contribution in [0.25, 0.3) is 0 Å². The second-order valence-corrected chi connectivity index (χ2v) is 4.76. The van der Waals surface area contributed by atoms with E-state index in [1.54, 1.807) is 0 Å². The predicted octanol–water partition coefficient (Wildman–Crippen LogP) is 1.82. The molecule has 1 unspecified atom stereocenters. The molecule has 1 aliphatic heterocycles. The quantitative estimate of drug-likeness (QED) is 0.650. The van der Waals surface area contributed by atoms with Crippen molar-refractivity contribution in [2.45, 2.75) is 62.9 Å². The monoisotopic (exact) mass is 183 g/mol. The van der Waals surface area contributed by atoms with E-state index in [1.165, 1.54) is 51.4 Å². The molecule has 1 aliphatic carbocycles. The summed E-state index contributed by atoms with van der Waals surface area (Å²) < 4.78 is 0. The van der Waals surface area contributed by atoms with Crippen molar-refractivity contribution in [1.82, 2.24) is 5.32 Å². The third kappa shape index (κ3) is 2.05. The van der Waals surface area contributed by atoms with Crippen LogP contribution in [-0.2, 0) is 0 Å². The van der Waals surface area contributed by atoms with Gasteiger partial charge in [0.15, 0.2) is 0 Å². The van der Waals surface area contributed by atoms with Gasteiger partial charge in [0.1, 0.15) is 0 Å². The van der Waals surface area contributed by atoms with Gasteiger partial charge in [0.05, 0.1) is 6.61 Å². The van der Waals surface area contributed by atoms with E-state index in [-0.39, 0.29) is 0 Å². The van der Waals surface area contributed by atoms with Crippen LogP contribution in [0.5, 0.6) is 0 Å². The molecule has 2 N–H and O–H groups in total. The SMILES string of the molecule is OCC1CCC2(CCCCCC2)N1. The Balaban J connectivity index is 1.95. The lowest BCUT2D eigenvalue weighted by Gasteiger charge is -2.29. The Bertz CT molecular complexity index is 161. The molecule has 0 radical (unpaired) electrons. The minimum Gasteiger partial charge on any atom is -0.395 e. The zero-order chi connectivity index (χ0) is 9.15. The van der Waals surface area contributed by atoms with E-state index in [4.69, 9.17) is 5.11 Å². The first kappa shape index (κ1) is 9.47. The van der Waals surface area contributed by atoms with Gasteiger partial charge in [0, 0.05) is 11.6 Å². The molecule has 0 aromatic rings. The maximum atomic E-state index is 9.09. The van der Waals surface area contributed by atoms with Crippen LogP contribution in [0.3, 0.4) is 0 Å². The van der Waals surface area contributed by atoms with Crippen LogP contribution in [-0.4, -0.2) is 23.3 Å². The third-order valence-electron chi connectivity index (χ3n) is 3.76. The third-order valence-corrected chi connectivity index (χ3v) is 3.76. The predicted molar refractivity (Wildman–Crippen MR) is 53.7 cm³/mol. The van der Waals surface area contributed by atoms with Crippen molar-refractivity contribution >= 4 is 0 Å². The molecule has 2 rings (SSSR count). The first-order valence-electron chi connectivity index (χ1n) is 5.73. The molecule has 1 heterocycles. The van der Waals surface area contributed by atoms with Gasteiger partial charge in [-0.1, -0.05) is 25.7 Å². The molecule has 0 aromatic carbocycles. The van der Waals surface area contributed by atoms with Crippen LogP contribution in [0.2, 0.25) is 0 Å². The first-order valence-corrected chi connectivity index (χ1v) is 5.73. The Kier molecular flexibility index (Phi) is 2.89. The van der Waals surface area contributed by atoms with Gasteiger partial charge < -0.3 is 10.4 Å². The van der Waals surface area contributed by atoms with Gasteiger partial charge in [-0.15, -0.1) is 0 Å². The van der Waals surface area contributed by atoms with Gasteiger partial charge in [-0.05, 0) is 25.7 Å². The number of nitrogens with one attached hydrogen (secondary N) is 1. The van der Waals surface area contributed by atoms with Crippen molar-refractivity contribution < 1.29 is 5.11 Å². The van der Waals surface area contributed by atoms with Crippen molar-refractivity contribution in [2.75, 3.05) is 6.61 Å². The van der Waals surface area contributed by atoms with E-state index in [9.17, 15) is 0 Å². The highest BCUT2D eigenvalue weighted by molar-refractivity contribution is 4.98. The average Bonchev–Trinajstić information content (AvgIpc) is 2.40. The largest absolute Gasteiger partial charge is 0.395 e. The molecule has 2 heteroatoms. The van der Waals surface area contributed by atoms with Gasteiger partial charge in [-0.3, -0.25) is 0 Å². The van der Waals surface area contributed by atoms with E-state index < -0.39 is 0 Å². The Labute approximate surface area is 80.7 Å².